The molecule has 34 heavy (non-hydrogen) atoms. The minimum absolute atomic E-state index is 0.0591. The first-order valence-corrected chi connectivity index (χ1v) is 12.5. The first-order chi connectivity index (χ1) is 16.3. The summed E-state index contributed by atoms with van der Waals surface area (Å²) in [5.41, 5.74) is 3.92. The van der Waals surface area contributed by atoms with Crippen LogP contribution in [0.1, 0.15) is 56.2 Å². The number of nitrogens with zero attached hydrogens (tertiary/aromatic N) is 3. The van der Waals surface area contributed by atoms with E-state index < -0.39 is 0 Å². The number of aromatic nitrogens is 2. The van der Waals surface area contributed by atoms with Gasteiger partial charge in [0.15, 0.2) is 5.82 Å². The highest BCUT2D eigenvalue weighted by Crippen LogP contribution is 2.32. The molecule has 182 valence electrons. The third-order valence-corrected chi connectivity index (χ3v) is 6.87. The third kappa shape index (κ3) is 6.11. The van der Waals surface area contributed by atoms with Crippen molar-refractivity contribution in [3.8, 4) is 5.88 Å². The molecule has 3 aromatic rings. The summed E-state index contributed by atoms with van der Waals surface area (Å²) in [4.78, 5) is 8.13. The van der Waals surface area contributed by atoms with Crippen molar-refractivity contribution in [3.05, 3.63) is 65.0 Å². The van der Waals surface area contributed by atoms with Gasteiger partial charge in [-0.2, -0.15) is 0 Å². The van der Waals surface area contributed by atoms with Crippen molar-refractivity contribution in [2.75, 3.05) is 31.6 Å². The Morgan fingerprint density at radius 3 is 2.71 bits per heavy atom. The number of rotatable bonds is 9. The van der Waals surface area contributed by atoms with Crippen molar-refractivity contribution in [2.24, 2.45) is 0 Å². The lowest BCUT2D eigenvalue weighted by Crippen LogP contribution is -2.33. The van der Waals surface area contributed by atoms with Crippen LogP contribution < -0.4 is 9.46 Å². The van der Waals surface area contributed by atoms with Crippen LogP contribution in [0.2, 0.25) is 0 Å². The number of benzene rings is 1. The lowest BCUT2D eigenvalue weighted by molar-refractivity contribution is 0.143. The molecule has 1 atom stereocenters. The minimum atomic E-state index is -0.0591. The molecule has 0 spiro atoms. The van der Waals surface area contributed by atoms with Crippen LogP contribution in [0.25, 0.3) is 0 Å². The fourth-order valence-corrected chi connectivity index (χ4v) is 4.56. The van der Waals surface area contributed by atoms with Crippen molar-refractivity contribution in [3.63, 3.8) is 0 Å². The molecule has 0 fully saturated rings. The van der Waals surface area contributed by atoms with Crippen molar-refractivity contribution in [2.45, 2.75) is 57.0 Å². The maximum absolute atomic E-state index is 5.59. The van der Waals surface area contributed by atoms with Crippen LogP contribution in [0.3, 0.4) is 0 Å². The first kappa shape index (κ1) is 24.6. The second-order valence-corrected chi connectivity index (χ2v) is 10.5. The Labute approximate surface area is 206 Å². The van der Waals surface area contributed by atoms with E-state index in [0.29, 0.717) is 19.1 Å². The lowest BCUT2D eigenvalue weighted by atomic mass is 9.93. The second kappa shape index (κ2) is 10.8. The topological polar surface area (TPSA) is 72.7 Å². The molecule has 0 saturated heterocycles. The van der Waals surface area contributed by atoms with E-state index in [1.165, 1.54) is 16.7 Å². The molecule has 0 amide bonds. The molecule has 2 aromatic heterocycles. The van der Waals surface area contributed by atoms with Crippen LogP contribution in [0.5, 0.6) is 5.88 Å². The van der Waals surface area contributed by atoms with Gasteiger partial charge in [0, 0.05) is 54.9 Å². The van der Waals surface area contributed by atoms with Gasteiger partial charge in [-0.25, -0.2) is 4.98 Å². The highest BCUT2D eigenvalue weighted by atomic mass is 32.2. The Morgan fingerprint density at radius 2 is 2.00 bits per heavy atom. The predicted octanol–water partition coefficient (Wildman–Crippen LogP) is 5.63. The molecule has 1 aliphatic heterocycles. The Kier molecular flexibility index (Phi) is 7.80. The summed E-state index contributed by atoms with van der Waals surface area (Å²) < 4.78 is 19.4. The number of nitrogens with one attached hydrogen (secondary N) is 1. The molecule has 1 aromatic carbocycles. The average molecular weight is 483 g/mol. The van der Waals surface area contributed by atoms with E-state index in [1.807, 2.05) is 18.3 Å². The van der Waals surface area contributed by atoms with Gasteiger partial charge < -0.3 is 18.7 Å². The van der Waals surface area contributed by atoms with E-state index in [-0.39, 0.29) is 11.5 Å². The fourth-order valence-electron chi connectivity index (χ4n) is 3.90. The number of hydrogen-bond acceptors (Lipinski definition) is 8. The van der Waals surface area contributed by atoms with Gasteiger partial charge in [0.2, 0.25) is 5.88 Å². The van der Waals surface area contributed by atoms with Gasteiger partial charge in [-0.3, -0.25) is 4.90 Å². The quantitative estimate of drug-likeness (QED) is 0.311. The van der Waals surface area contributed by atoms with Gasteiger partial charge in [-0.1, -0.05) is 38.1 Å². The maximum Gasteiger partial charge on any atom is 0.213 e. The fraction of sp³-hybridized carbons (Fsp3) is 0.462. The van der Waals surface area contributed by atoms with E-state index >= 15 is 0 Å². The van der Waals surface area contributed by atoms with Crippen molar-refractivity contribution in [1.29, 1.82) is 0 Å². The van der Waals surface area contributed by atoms with Crippen LogP contribution in [0.4, 0.5) is 5.82 Å². The Bertz CT molecular complexity index is 1080. The van der Waals surface area contributed by atoms with E-state index in [4.69, 9.17) is 14.0 Å². The molecule has 1 aliphatic rings. The van der Waals surface area contributed by atoms with Gasteiger partial charge in [-0.15, -0.1) is 0 Å². The Balaban J connectivity index is 1.37. The monoisotopic (exact) mass is 482 g/mol. The van der Waals surface area contributed by atoms with Crippen molar-refractivity contribution >= 4 is 17.8 Å². The summed E-state index contributed by atoms with van der Waals surface area (Å²) in [5.74, 6) is 2.24. The predicted molar refractivity (Wildman–Crippen MR) is 135 cm³/mol. The van der Waals surface area contributed by atoms with Crippen LogP contribution in [-0.2, 0) is 23.1 Å². The zero-order valence-electron chi connectivity index (χ0n) is 20.6. The van der Waals surface area contributed by atoms with Crippen LogP contribution >= 0.6 is 11.9 Å². The minimum Gasteiger partial charge on any atom is -0.475 e. The molecule has 1 unspecified atom stereocenters. The molecule has 7 nitrogen and oxygen atoms in total. The Morgan fingerprint density at radius 1 is 1.15 bits per heavy atom. The zero-order chi connectivity index (χ0) is 24.1. The summed E-state index contributed by atoms with van der Waals surface area (Å²) >= 11 is 1.56. The van der Waals surface area contributed by atoms with E-state index in [9.17, 15) is 0 Å². The number of pyridine rings is 1. The van der Waals surface area contributed by atoms with Gasteiger partial charge in [0.1, 0.15) is 12.4 Å². The highest BCUT2D eigenvalue weighted by molar-refractivity contribution is 8.00. The second-order valence-electron chi connectivity index (χ2n) is 9.63. The van der Waals surface area contributed by atoms with Crippen LogP contribution in [0, 0.1) is 0 Å². The SMILES string of the molecule is COCCOc1ccc(C(C)N2CCc3ccc(SNc4cc(C(C)(C)C)on4)cc3C2)cn1. The Hall–Kier alpha value is -2.55. The smallest absolute Gasteiger partial charge is 0.213 e. The summed E-state index contributed by atoms with van der Waals surface area (Å²) in [6.45, 7) is 11.6. The molecule has 8 heteroatoms. The zero-order valence-corrected chi connectivity index (χ0v) is 21.4. The van der Waals surface area contributed by atoms with Gasteiger partial charge in [0.25, 0.3) is 0 Å². The molecule has 0 radical (unpaired) electrons. The molecule has 1 N–H and O–H groups in total. The average Bonchev–Trinajstić information content (AvgIpc) is 3.32. The molecule has 3 heterocycles. The van der Waals surface area contributed by atoms with E-state index in [0.717, 1.165) is 36.0 Å². The van der Waals surface area contributed by atoms with Crippen LogP contribution in [-0.4, -0.2) is 41.9 Å². The largest absolute Gasteiger partial charge is 0.475 e. The molecule has 0 bridgehead atoms. The highest BCUT2D eigenvalue weighted by Gasteiger charge is 2.23. The number of ether oxygens (including phenoxy) is 2. The van der Waals surface area contributed by atoms with E-state index in [1.54, 1.807) is 19.1 Å². The summed E-state index contributed by atoms with van der Waals surface area (Å²) in [6.07, 6.45) is 2.96. The number of fused-ring (bicyclic) bond motifs is 1. The molecule has 0 aliphatic carbocycles. The van der Waals surface area contributed by atoms with Gasteiger partial charge in [0.05, 0.1) is 6.61 Å². The molecule has 0 saturated carbocycles. The van der Waals surface area contributed by atoms with E-state index in [2.05, 4.69) is 71.7 Å². The standard InChI is InChI=1S/C26H34N4O3S/c1-18(20-7-9-25(27-16-20)32-13-12-31-5)30-11-10-19-6-8-22(14-21(19)17-30)34-29-24-15-23(33-28-24)26(2,3)4/h6-9,14-16,18H,10-13,17H2,1-5H3,(H,28,29). The third-order valence-electron chi connectivity index (χ3n) is 6.07. The van der Waals surface area contributed by atoms with Gasteiger partial charge in [-0.05, 0) is 54.1 Å². The number of methoxy groups -OCH3 is 1. The molecular weight excluding hydrogens is 448 g/mol. The maximum atomic E-state index is 5.59. The lowest BCUT2D eigenvalue weighted by Gasteiger charge is -2.34. The summed E-state index contributed by atoms with van der Waals surface area (Å²) in [6, 6.07) is 13.0. The normalized spacial score (nSPS) is 15.1. The number of anilines is 1. The summed E-state index contributed by atoms with van der Waals surface area (Å²) in [7, 11) is 1.66. The van der Waals surface area contributed by atoms with Crippen molar-refractivity contribution in [1.82, 2.24) is 15.0 Å². The van der Waals surface area contributed by atoms with Crippen molar-refractivity contribution < 1.29 is 14.0 Å². The molecule has 4 rings (SSSR count). The first-order valence-electron chi connectivity index (χ1n) is 11.7. The number of hydrogen-bond donors (Lipinski definition) is 1. The molecular formula is C26H34N4O3S. The van der Waals surface area contributed by atoms with Crippen LogP contribution in [0.15, 0.2) is 52.0 Å². The summed E-state index contributed by atoms with van der Waals surface area (Å²) in [5, 5.41) is 4.14. The van der Waals surface area contributed by atoms with Gasteiger partial charge >= 0.3 is 0 Å².